The van der Waals surface area contributed by atoms with Crippen molar-refractivity contribution >= 4 is 29.0 Å². The van der Waals surface area contributed by atoms with Gasteiger partial charge in [-0.25, -0.2) is 0 Å². The standard InChI is InChI=1S/C25H24ClF2N7O/c1-16-3-4-17(13-19(16)26)14-23(36)34-11-9-33(10-12-34)22-6-5-21-30-31-24(35(21)32-22)18-7-8-29-20(15-18)25(2,27)28/h3-8,13,15H,9-12,14H2,1-2H3. The van der Waals surface area contributed by atoms with Crippen LogP contribution in [0.4, 0.5) is 14.6 Å². The monoisotopic (exact) mass is 511 g/mol. The van der Waals surface area contributed by atoms with Gasteiger partial charge in [0.05, 0.1) is 6.42 Å². The van der Waals surface area contributed by atoms with Crippen LogP contribution in [0.1, 0.15) is 23.7 Å². The maximum absolute atomic E-state index is 13.8. The largest absolute Gasteiger partial charge is 0.352 e. The van der Waals surface area contributed by atoms with Crippen molar-refractivity contribution in [3.63, 3.8) is 0 Å². The number of hydrogen-bond donors (Lipinski definition) is 0. The fourth-order valence-electron chi connectivity index (χ4n) is 4.16. The fourth-order valence-corrected chi connectivity index (χ4v) is 4.36. The van der Waals surface area contributed by atoms with E-state index >= 15 is 0 Å². The first-order valence-corrected chi connectivity index (χ1v) is 11.9. The van der Waals surface area contributed by atoms with Gasteiger partial charge in [-0.2, -0.15) is 13.3 Å². The number of halogens is 3. The molecule has 36 heavy (non-hydrogen) atoms. The molecule has 1 amide bonds. The number of rotatable bonds is 5. The number of alkyl halides is 2. The fraction of sp³-hybridized carbons (Fsp3) is 0.320. The van der Waals surface area contributed by atoms with E-state index in [9.17, 15) is 13.6 Å². The normalized spacial score (nSPS) is 14.5. The highest BCUT2D eigenvalue weighted by atomic mass is 35.5. The molecule has 1 aliphatic heterocycles. The van der Waals surface area contributed by atoms with Gasteiger partial charge in [0.1, 0.15) is 11.5 Å². The van der Waals surface area contributed by atoms with E-state index in [1.165, 1.54) is 12.3 Å². The first kappa shape index (κ1) is 24.1. The third-order valence-corrected chi connectivity index (χ3v) is 6.67. The SMILES string of the molecule is Cc1ccc(CC(=O)N2CCN(c3ccc4nnc(-c5ccnc(C(C)(F)F)c5)n4n3)CC2)cc1Cl. The van der Waals surface area contributed by atoms with Crippen molar-refractivity contribution in [2.24, 2.45) is 0 Å². The maximum atomic E-state index is 13.8. The van der Waals surface area contributed by atoms with Crippen molar-refractivity contribution in [1.82, 2.24) is 29.7 Å². The van der Waals surface area contributed by atoms with Gasteiger partial charge in [0.25, 0.3) is 5.92 Å². The molecule has 0 spiro atoms. The van der Waals surface area contributed by atoms with Gasteiger partial charge in [-0.05, 0) is 48.4 Å². The Kier molecular flexibility index (Phi) is 6.29. The van der Waals surface area contributed by atoms with Crippen LogP contribution in [-0.4, -0.2) is 61.8 Å². The van der Waals surface area contributed by atoms with Crippen molar-refractivity contribution in [3.8, 4) is 11.4 Å². The summed E-state index contributed by atoms with van der Waals surface area (Å²) in [6.45, 7) is 5.07. The highest BCUT2D eigenvalue weighted by molar-refractivity contribution is 6.31. The number of pyridine rings is 1. The topological polar surface area (TPSA) is 79.5 Å². The van der Waals surface area contributed by atoms with Crippen LogP contribution in [0.5, 0.6) is 0 Å². The summed E-state index contributed by atoms with van der Waals surface area (Å²) in [6, 6.07) is 12.2. The van der Waals surface area contributed by atoms with Gasteiger partial charge in [0.15, 0.2) is 11.5 Å². The molecule has 1 aromatic carbocycles. The third-order valence-electron chi connectivity index (χ3n) is 6.26. The van der Waals surface area contributed by atoms with Crippen LogP contribution in [0.3, 0.4) is 0 Å². The molecule has 11 heteroatoms. The third kappa shape index (κ3) is 4.86. The van der Waals surface area contributed by atoms with E-state index < -0.39 is 5.92 Å². The molecule has 0 atom stereocenters. The number of carbonyl (C=O) groups excluding carboxylic acids is 1. The van der Waals surface area contributed by atoms with Gasteiger partial charge in [-0.3, -0.25) is 9.78 Å². The second kappa shape index (κ2) is 9.42. The lowest BCUT2D eigenvalue weighted by Gasteiger charge is -2.35. The van der Waals surface area contributed by atoms with E-state index in [1.807, 2.05) is 36.1 Å². The Hall–Kier alpha value is -3.66. The molecular formula is C25H24ClF2N7O. The summed E-state index contributed by atoms with van der Waals surface area (Å²) in [4.78, 5) is 20.5. The van der Waals surface area contributed by atoms with E-state index in [0.717, 1.165) is 18.1 Å². The lowest BCUT2D eigenvalue weighted by atomic mass is 10.1. The Morgan fingerprint density at radius 3 is 2.56 bits per heavy atom. The zero-order valence-electron chi connectivity index (χ0n) is 19.8. The van der Waals surface area contributed by atoms with Crippen molar-refractivity contribution in [1.29, 1.82) is 0 Å². The second-order valence-electron chi connectivity index (χ2n) is 8.93. The lowest BCUT2D eigenvalue weighted by molar-refractivity contribution is -0.130. The number of anilines is 1. The average molecular weight is 512 g/mol. The number of aromatic nitrogens is 5. The molecule has 0 N–H and O–H groups in total. The summed E-state index contributed by atoms with van der Waals surface area (Å²) < 4.78 is 29.1. The molecule has 0 saturated carbocycles. The van der Waals surface area contributed by atoms with Crippen molar-refractivity contribution in [2.45, 2.75) is 26.2 Å². The average Bonchev–Trinajstić information content (AvgIpc) is 3.29. The Bertz CT molecular complexity index is 1430. The Labute approximate surface area is 211 Å². The van der Waals surface area contributed by atoms with Gasteiger partial charge >= 0.3 is 0 Å². The molecule has 8 nitrogen and oxygen atoms in total. The van der Waals surface area contributed by atoms with E-state index in [-0.39, 0.29) is 11.6 Å². The van der Waals surface area contributed by atoms with Crippen molar-refractivity contribution in [2.75, 3.05) is 31.1 Å². The van der Waals surface area contributed by atoms with Crippen LogP contribution in [0.2, 0.25) is 5.02 Å². The molecular weight excluding hydrogens is 488 g/mol. The van der Waals surface area contributed by atoms with Crippen molar-refractivity contribution < 1.29 is 13.6 Å². The highest BCUT2D eigenvalue weighted by Crippen LogP contribution is 2.28. The number of fused-ring (bicyclic) bond motifs is 1. The molecule has 4 aromatic rings. The molecule has 5 rings (SSSR count). The van der Waals surface area contributed by atoms with Crippen LogP contribution in [0.25, 0.3) is 17.0 Å². The summed E-state index contributed by atoms with van der Waals surface area (Å²) in [5, 5.41) is 13.6. The quantitative estimate of drug-likeness (QED) is 0.400. The minimum atomic E-state index is -3.07. The summed E-state index contributed by atoms with van der Waals surface area (Å²) in [5.74, 6) is -1.97. The number of aryl methyl sites for hydroxylation is 1. The zero-order valence-corrected chi connectivity index (χ0v) is 20.6. The lowest BCUT2D eigenvalue weighted by Crippen LogP contribution is -2.49. The molecule has 0 unspecified atom stereocenters. The first-order valence-electron chi connectivity index (χ1n) is 11.5. The van der Waals surface area contributed by atoms with E-state index in [4.69, 9.17) is 11.6 Å². The van der Waals surface area contributed by atoms with Gasteiger partial charge in [-0.15, -0.1) is 15.3 Å². The summed E-state index contributed by atoms with van der Waals surface area (Å²) >= 11 is 6.20. The molecule has 1 aliphatic rings. The van der Waals surface area contributed by atoms with Crippen LogP contribution >= 0.6 is 11.6 Å². The second-order valence-corrected chi connectivity index (χ2v) is 9.34. The van der Waals surface area contributed by atoms with Crippen LogP contribution in [0.15, 0.2) is 48.7 Å². The number of piperazine rings is 1. The van der Waals surface area contributed by atoms with Gasteiger partial charge in [0.2, 0.25) is 5.91 Å². The minimum absolute atomic E-state index is 0.0558. The Morgan fingerprint density at radius 2 is 1.83 bits per heavy atom. The van der Waals surface area contributed by atoms with Gasteiger partial charge in [-0.1, -0.05) is 23.7 Å². The molecule has 0 bridgehead atoms. The number of benzene rings is 1. The number of carbonyl (C=O) groups is 1. The minimum Gasteiger partial charge on any atom is -0.352 e. The molecule has 3 aromatic heterocycles. The molecule has 0 aliphatic carbocycles. The smallest absolute Gasteiger partial charge is 0.286 e. The summed E-state index contributed by atoms with van der Waals surface area (Å²) in [5.41, 5.74) is 2.48. The first-order chi connectivity index (χ1) is 17.2. The predicted molar refractivity (Wildman–Crippen MR) is 132 cm³/mol. The molecule has 1 fully saturated rings. The van der Waals surface area contributed by atoms with E-state index in [2.05, 4.69) is 25.2 Å². The van der Waals surface area contributed by atoms with E-state index in [0.29, 0.717) is 60.5 Å². The molecule has 4 heterocycles. The summed E-state index contributed by atoms with van der Waals surface area (Å²) in [6.07, 6.45) is 1.63. The van der Waals surface area contributed by atoms with Crippen LogP contribution in [0, 0.1) is 6.92 Å². The predicted octanol–water partition coefficient (Wildman–Crippen LogP) is 4.15. The molecule has 186 valence electrons. The van der Waals surface area contributed by atoms with Crippen LogP contribution in [-0.2, 0) is 17.1 Å². The van der Waals surface area contributed by atoms with E-state index in [1.54, 1.807) is 16.6 Å². The van der Waals surface area contributed by atoms with Crippen molar-refractivity contribution in [3.05, 3.63) is 70.5 Å². The van der Waals surface area contributed by atoms with Crippen LogP contribution < -0.4 is 4.90 Å². The molecule has 0 radical (unpaired) electrons. The Morgan fingerprint density at radius 1 is 1.06 bits per heavy atom. The summed E-state index contributed by atoms with van der Waals surface area (Å²) in [7, 11) is 0. The van der Waals surface area contributed by atoms with Gasteiger partial charge < -0.3 is 9.80 Å². The highest BCUT2D eigenvalue weighted by Gasteiger charge is 2.27. The zero-order chi connectivity index (χ0) is 25.4. The number of amides is 1. The Balaban J connectivity index is 1.30. The maximum Gasteiger partial charge on any atom is 0.286 e. The molecule has 1 saturated heterocycles. The number of hydrogen-bond acceptors (Lipinski definition) is 6. The number of nitrogens with zero attached hydrogens (tertiary/aromatic N) is 7. The van der Waals surface area contributed by atoms with Gasteiger partial charge in [0, 0.05) is 49.9 Å².